The molecule has 0 radical (unpaired) electrons. The minimum atomic E-state index is -0.829. The third-order valence-electron chi connectivity index (χ3n) is 7.27. The van der Waals surface area contributed by atoms with Crippen LogP contribution in [0, 0.1) is 0 Å². The van der Waals surface area contributed by atoms with E-state index in [1.165, 1.54) is 23.0 Å². The Balaban J connectivity index is 1.34. The van der Waals surface area contributed by atoms with E-state index in [1.54, 1.807) is 45.2 Å². The van der Waals surface area contributed by atoms with Gasteiger partial charge in [0.1, 0.15) is 29.9 Å². The van der Waals surface area contributed by atoms with Gasteiger partial charge in [-0.05, 0) is 73.5 Å². The average molecular weight is 615 g/mol. The van der Waals surface area contributed by atoms with Gasteiger partial charge < -0.3 is 28.4 Å². The average Bonchev–Trinajstić information content (AvgIpc) is 3.63. The number of nitrogens with zero attached hydrogens (tertiary/aromatic N) is 2. The zero-order valence-electron chi connectivity index (χ0n) is 24.6. The van der Waals surface area contributed by atoms with Gasteiger partial charge in [0.15, 0.2) is 16.3 Å². The van der Waals surface area contributed by atoms with Crippen LogP contribution in [0.25, 0.3) is 6.08 Å². The molecule has 0 N–H and O–H groups in total. The molecule has 1 atom stereocenters. The van der Waals surface area contributed by atoms with Crippen LogP contribution in [0.2, 0.25) is 0 Å². The van der Waals surface area contributed by atoms with Gasteiger partial charge >= 0.3 is 5.97 Å². The first-order valence-electron chi connectivity index (χ1n) is 13.9. The molecular formula is C33H30N2O8S. The van der Waals surface area contributed by atoms with Gasteiger partial charge in [0.25, 0.3) is 5.56 Å². The molecule has 6 rings (SSSR count). The summed E-state index contributed by atoms with van der Waals surface area (Å²) in [6.45, 7) is 4.24. The van der Waals surface area contributed by atoms with E-state index >= 15 is 0 Å². The van der Waals surface area contributed by atoms with Crippen LogP contribution in [0.5, 0.6) is 28.7 Å². The molecule has 0 saturated carbocycles. The Morgan fingerprint density at radius 2 is 1.80 bits per heavy atom. The van der Waals surface area contributed by atoms with Crippen LogP contribution in [0.1, 0.15) is 36.6 Å². The predicted octanol–water partition coefficient (Wildman–Crippen LogP) is 4.12. The van der Waals surface area contributed by atoms with Crippen molar-refractivity contribution >= 4 is 23.4 Å². The molecule has 3 heterocycles. The maximum Gasteiger partial charge on any atom is 0.338 e. The lowest BCUT2D eigenvalue weighted by molar-refractivity contribution is -0.139. The van der Waals surface area contributed by atoms with Gasteiger partial charge in [0.05, 0.1) is 36.6 Å². The first-order valence-corrected chi connectivity index (χ1v) is 14.7. The number of thiazole rings is 1. The maximum absolute atomic E-state index is 14.0. The number of carbonyl (C=O) groups is 1. The molecule has 4 aromatic rings. The first-order chi connectivity index (χ1) is 21.4. The number of methoxy groups -OCH3 is 2. The van der Waals surface area contributed by atoms with E-state index in [9.17, 15) is 9.59 Å². The molecule has 0 spiro atoms. The number of allylic oxidation sites excluding steroid dienone is 1. The van der Waals surface area contributed by atoms with Crippen molar-refractivity contribution in [3.05, 3.63) is 108 Å². The van der Waals surface area contributed by atoms with Crippen molar-refractivity contribution in [3.63, 3.8) is 0 Å². The Labute approximate surface area is 257 Å². The normalized spacial score (nSPS) is 15.5. The first kappa shape index (κ1) is 29.1. The van der Waals surface area contributed by atoms with Crippen molar-refractivity contribution in [1.82, 2.24) is 4.57 Å². The Kier molecular flexibility index (Phi) is 8.12. The van der Waals surface area contributed by atoms with Gasteiger partial charge in [-0.25, -0.2) is 9.79 Å². The number of rotatable bonds is 9. The minimum Gasteiger partial charge on any atom is -0.497 e. The number of benzene rings is 3. The third kappa shape index (κ3) is 5.53. The highest BCUT2D eigenvalue weighted by Crippen LogP contribution is 2.38. The van der Waals surface area contributed by atoms with Crippen LogP contribution < -0.4 is 38.6 Å². The van der Waals surface area contributed by atoms with Crippen LogP contribution in [0.3, 0.4) is 0 Å². The van der Waals surface area contributed by atoms with Crippen molar-refractivity contribution < 1.29 is 33.2 Å². The number of ether oxygens (including phenoxy) is 6. The molecule has 0 aliphatic carbocycles. The van der Waals surface area contributed by atoms with Gasteiger partial charge in [-0.3, -0.25) is 9.36 Å². The molecule has 226 valence electrons. The quantitative estimate of drug-likeness (QED) is 0.259. The fourth-order valence-corrected chi connectivity index (χ4v) is 6.19. The molecule has 3 aromatic carbocycles. The van der Waals surface area contributed by atoms with Crippen molar-refractivity contribution in [3.8, 4) is 28.7 Å². The van der Waals surface area contributed by atoms with Gasteiger partial charge in [-0.15, -0.1) is 0 Å². The number of carbonyl (C=O) groups excluding carboxylic acids is 1. The number of hydrogen-bond donors (Lipinski definition) is 0. The monoisotopic (exact) mass is 614 g/mol. The predicted molar refractivity (Wildman–Crippen MR) is 163 cm³/mol. The lowest BCUT2D eigenvalue weighted by atomic mass is 9.94. The topological polar surface area (TPSA) is 107 Å². The van der Waals surface area contributed by atoms with E-state index in [1.807, 2.05) is 42.5 Å². The summed E-state index contributed by atoms with van der Waals surface area (Å²) in [4.78, 5) is 32.3. The van der Waals surface area contributed by atoms with Crippen LogP contribution in [0.15, 0.2) is 81.7 Å². The van der Waals surface area contributed by atoms with Gasteiger partial charge in [-0.1, -0.05) is 29.5 Å². The van der Waals surface area contributed by atoms with E-state index in [2.05, 4.69) is 4.99 Å². The highest BCUT2D eigenvalue weighted by molar-refractivity contribution is 7.07. The molecule has 11 heteroatoms. The number of hydrogen-bond acceptors (Lipinski definition) is 10. The van der Waals surface area contributed by atoms with Gasteiger partial charge in [0.2, 0.25) is 6.79 Å². The summed E-state index contributed by atoms with van der Waals surface area (Å²) in [7, 11) is 3.09. The summed E-state index contributed by atoms with van der Waals surface area (Å²) in [5, 5.41) is 0. The number of fused-ring (bicyclic) bond motifs is 2. The second-order valence-electron chi connectivity index (χ2n) is 9.96. The van der Waals surface area contributed by atoms with Crippen LogP contribution >= 0.6 is 11.3 Å². The summed E-state index contributed by atoms with van der Waals surface area (Å²) in [6.07, 6.45) is 1.80. The summed E-state index contributed by atoms with van der Waals surface area (Å²) in [5.41, 5.74) is 2.79. The smallest absolute Gasteiger partial charge is 0.338 e. The van der Waals surface area contributed by atoms with Crippen LogP contribution in [0.4, 0.5) is 0 Å². The summed E-state index contributed by atoms with van der Waals surface area (Å²) in [6, 6.07) is 17.6. The van der Waals surface area contributed by atoms with Crippen molar-refractivity contribution in [2.24, 2.45) is 4.99 Å². The molecule has 0 fully saturated rings. The van der Waals surface area contributed by atoms with E-state index in [0.29, 0.717) is 50.2 Å². The summed E-state index contributed by atoms with van der Waals surface area (Å²) in [5.74, 6) is 2.62. The third-order valence-corrected chi connectivity index (χ3v) is 8.25. The molecule has 10 nitrogen and oxygen atoms in total. The molecule has 0 bridgehead atoms. The maximum atomic E-state index is 14.0. The Morgan fingerprint density at radius 3 is 2.55 bits per heavy atom. The van der Waals surface area contributed by atoms with Crippen molar-refractivity contribution in [1.29, 1.82) is 0 Å². The standard InChI is InChI=1S/C33H30N2O8S/c1-5-40-32(37)29-19(2)34-33-35(30(29)24-16-23(38-3)11-13-25(24)39-4)31(36)28(44-33)15-20-6-9-22(10-7-20)41-17-21-8-12-26-27(14-21)43-18-42-26/h6-16,30H,5,17-18H2,1-4H3/b28-15-/t30-/m1/s1. The van der Waals surface area contributed by atoms with Crippen LogP contribution in [-0.2, 0) is 16.1 Å². The second kappa shape index (κ2) is 12.3. The largest absolute Gasteiger partial charge is 0.497 e. The molecule has 0 amide bonds. The summed E-state index contributed by atoms with van der Waals surface area (Å²) < 4.78 is 35.3. The van der Waals surface area contributed by atoms with E-state index in [0.717, 1.165) is 16.9 Å². The number of esters is 1. The van der Waals surface area contributed by atoms with Crippen LogP contribution in [-0.4, -0.2) is 38.2 Å². The molecule has 0 unspecified atom stereocenters. The number of aromatic nitrogens is 1. The molecule has 0 saturated heterocycles. The second-order valence-corrected chi connectivity index (χ2v) is 11.0. The van der Waals surface area contributed by atoms with E-state index in [4.69, 9.17) is 28.4 Å². The Bertz CT molecular complexity index is 1940. The highest BCUT2D eigenvalue weighted by Gasteiger charge is 2.35. The lowest BCUT2D eigenvalue weighted by Crippen LogP contribution is -2.40. The Morgan fingerprint density at radius 1 is 1.02 bits per heavy atom. The molecule has 44 heavy (non-hydrogen) atoms. The van der Waals surface area contributed by atoms with E-state index < -0.39 is 12.0 Å². The van der Waals surface area contributed by atoms with E-state index in [-0.39, 0.29) is 24.5 Å². The summed E-state index contributed by atoms with van der Waals surface area (Å²) >= 11 is 1.25. The zero-order valence-corrected chi connectivity index (χ0v) is 25.4. The lowest BCUT2D eigenvalue weighted by Gasteiger charge is -2.26. The Hall–Kier alpha value is -5.03. The fourth-order valence-electron chi connectivity index (χ4n) is 5.15. The van der Waals surface area contributed by atoms with Gasteiger partial charge in [-0.2, -0.15) is 0 Å². The van der Waals surface area contributed by atoms with Gasteiger partial charge in [0, 0.05) is 5.56 Å². The zero-order chi connectivity index (χ0) is 30.8. The van der Waals surface area contributed by atoms with Crippen molar-refractivity contribution in [2.75, 3.05) is 27.6 Å². The molecule has 1 aromatic heterocycles. The highest BCUT2D eigenvalue weighted by atomic mass is 32.1. The van der Waals surface area contributed by atoms with Crippen molar-refractivity contribution in [2.45, 2.75) is 26.5 Å². The molecular weight excluding hydrogens is 584 g/mol. The SMILES string of the molecule is CCOC(=O)C1=C(C)N=c2s/c(=C\c3ccc(OCc4ccc5c(c4)OCO5)cc3)c(=O)n2[C@@H]1c1cc(OC)ccc1OC. The molecule has 2 aliphatic heterocycles. The molecule has 2 aliphatic rings. The minimum absolute atomic E-state index is 0.179. The fraction of sp³-hybridized carbons (Fsp3) is 0.242.